The molecule has 0 radical (unpaired) electrons. The number of nitrogens with zero attached hydrogens (tertiary/aromatic N) is 2. The Hall–Kier alpha value is -1.36. The second-order valence-electron chi connectivity index (χ2n) is 5.43. The van der Waals surface area contributed by atoms with E-state index in [1.54, 1.807) is 6.33 Å². The summed E-state index contributed by atoms with van der Waals surface area (Å²) in [7, 11) is 1.91. The number of carbonyl (C=O) groups excluding carboxylic acids is 1. The average Bonchev–Trinajstić information content (AvgIpc) is 2.61. The SMILES string of the molecule is CCOC(=O)C(Cc1cn(C)cn1)NC(C)(C)C. The molecule has 0 bridgehead atoms. The molecule has 1 N–H and O–H groups in total. The van der Waals surface area contributed by atoms with Crippen molar-refractivity contribution < 1.29 is 9.53 Å². The zero-order valence-electron chi connectivity index (χ0n) is 11.9. The average molecular weight is 253 g/mol. The van der Waals surface area contributed by atoms with E-state index < -0.39 is 0 Å². The van der Waals surface area contributed by atoms with Gasteiger partial charge in [0, 0.05) is 25.2 Å². The molecule has 0 spiro atoms. The molecule has 0 saturated heterocycles. The largest absolute Gasteiger partial charge is 0.465 e. The number of hydrogen-bond donors (Lipinski definition) is 1. The molecule has 1 aromatic rings. The number of carbonyl (C=O) groups is 1. The molecule has 5 nitrogen and oxygen atoms in total. The highest BCUT2D eigenvalue weighted by atomic mass is 16.5. The Labute approximate surface area is 109 Å². The number of esters is 1. The monoisotopic (exact) mass is 253 g/mol. The van der Waals surface area contributed by atoms with Gasteiger partial charge in [-0.2, -0.15) is 0 Å². The lowest BCUT2D eigenvalue weighted by Crippen LogP contribution is -2.49. The quantitative estimate of drug-likeness (QED) is 0.803. The van der Waals surface area contributed by atoms with Crippen LogP contribution in [0.15, 0.2) is 12.5 Å². The normalized spacial score (nSPS) is 13.4. The first-order chi connectivity index (χ1) is 8.31. The van der Waals surface area contributed by atoms with Crippen LogP contribution < -0.4 is 5.32 Å². The molecule has 1 rings (SSSR count). The Balaban J connectivity index is 2.74. The summed E-state index contributed by atoms with van der Waals surface area (Å²) in [6.45, 7) is 8.28. The fourth-order valence-electron chi connectivity index (χ4n) is 1.74. The fourth-order valence-corrected chi connectivity index (χ4v) is 1.74. The predicted octanol–water partition coefficient (Wildman–Crippen LogP) is 1.28. The van der Waals surface area contributed by atoms with Crippen LogP contribution in [0.1, 0.15) is 33.4 Å². The number of nitrogens with one attached hydrogen (secondary N) is 1. The molecule has 0 aliphatic rings. The summed E-state index contributed by atoms with van der Waals surface area (Å²) < 4.78 is 6.96. The van der Waals surface area contributed by atoms with Gasteiger partial charge in [-0.25, -0.2) is 4.98 Å². The summed E-state index contributed by atoms with van der Waals surface area (Å²) in [5.74, 6) is -0.224. The molecule has 1 unspecified atom stereocenters. The van der Waals surface area contributed by atoms with Gasteiger partial charge in [0.1, 0.15) is 6.04 Å². The Kier molecular flexibility index (Phi) is 4.90. The first-order valence-corrected chi connectivity index (χ1v) is 6.23. The zero-order chi connectivity index (χ0) is 13.8. The molecular weight excluding hydrogens is 230 g/mol. The van der Waals surface area contributed by atoms with Crippen molar-refractivity contribution in [2.75, 3.05) is 6.61 Å². The van der Waals surface area contributed by atoms with E-state index in [4.69, 9.17) is 4.74 Å². The summed E-state index contributed by atoms with van der Waals surface area (Å²) in [6.07, 6.45) is 4.18. The van der Waals surface area contributed by atoms with Crippen LogP contribution in [0.2, 0.25) is 0 Å². The number of imidazole rings is 1. The molecule has 0 saturated carbocycles. The van der Waals surface area contributed by atoms with Gasteiger partial charge in [-0.1, -0.05) is 0 Å². The lowest BCUT2D eigenvalue weighted by molar-refractivity contribution is -0.146. The van der Waals surface area contributed by atoms with E-state index in [9.17, 15) is 4.79 Å². The van der Waals surface area contributed by atoms with E-state index in [1.807, 2.05) is 45.5 Å². The van der Waals surface area contributed by atoms with Gasteiger partial charge >= 0.3 is 5.97 Å². The zero-order valence-corrected chi connectivity index (χ0v) is 11.9. The number of hydrogen-bond acceptors (Lipinski definition) is 4. The van der Waals surface area contributed by atoms with E-state index in [1.165, 1.54) is 0 Å². The highest BCUT2D eigenvalue weighted by Gasteiger charge is 2.25. The van der Waals surface area contributed by atoms with Crippen LogP contribution >= 0.6 is 0 Å². The number of ether oxygens (including phenoxy) is 1. The van der Waals surface area contributed by atoms with Crippen LogP contribution in [-0.4, -0.2) is 33.7 Å². The van der Waals surface area contributed by atoms with Gasteiger partial charge in [-0.3, -0.25) is 10.1 Å². The second-order valence-corrected chi connectivity index (χ2v) is 5.43. The van der Waals surface area contributed by atoms with E-state index in [-0.39, 0.29) is 17.6 Å². The summed E-state index contributed by atoms with van der Waals surface area (Å²) in [4.78, 5) is 16.2. The Morgan fingerprint density at radius 3 is 2.67 bits per heavy atom. The van der Waals surface area contributed by atoms with Crippen LogP contribution in [0.5, 0.6) is 0 Å². The van der Waals surface area contributed by atoms with Gasteiger partial charge in [-0.15, -0.1) is 0 Å². The van der Waals surface area contributed by atoms with Crippen molar-refractivity contribution in [3.63, 3.8) is 0 Å². The molecule has 0 aliphatic carbocycles. The summed E-state index contributed by atoms with van der Waals surface area (Å²) >= 11 is 0. The van der Waals surface area contributed by atoms with Crippen LogP contribution in [0.3, 0.4) is 0 Å². The van der Waals surface area contributed by atoms with Crippen LogP contribution in [-0.2, 0) is 23.0 Å². The van der Waals surface area contributed by atoms with Crippen LogP contribution in [0.25, 0.3) is 0 Å². The van der Waals surface area contributed by atoms with E-state index in [0.717, 1.165) is 5.69 Å². The third-order valence-corrected chi connectivity index (χ3v) is 2.35. The van der Waals surface area contributed by atoms with Crippen molar-refractivity contribution in [1.29, 1.82) is 0 Å². The number of aryl methyl sites for hydroxylation is 1. The smallest absolute Gasteiger partial charge is 0.323 e. The minimum Gasteiger partial charge on any atom is -0.465 e. The van der Waals surface area contributed by atoms with Crippen LogP contribution in [0.4, 0.5) is 0 Å². The van der Waals surface area contributed by atoms with Gasteiger partial charge in [0.05, 0.1) is 18.6 Å². The molecule has 1 heterocycles. The summed E-state index contributed by atoms with van der Waals surface area (Å²) in [5, 5.41) is 3.27. The molecule has 0 amide bonds. The van der Waals surface area contributed by atoms with Gasteiger partial charge in [0.15, 0.2) is 0 Å². The number of rotatable bonds is 5. The third-order valence-electron chi connectivity index (χ3n) is 2.35. The molecule has 102 valence electrons. The Morgan fingerprint density at radius 2 is 2.22 bits per heavy atom. The van der Waals surface area contributed by atoms with Crippen molar-refractivity contribution in [3.05, 3.63) is 18.2 Å². The maximum Gasteiger partial charge on any atom is 0.323 e. The third kappa shape index (κ3) is 4.87. The highest BCUT2D eigenvalue weighted by molar-refractivity contribution is 5.76. The highest BCUT2D eigenvalue weighted by Crippen LogP contribution is 2.08. The van der Waals surface area contributed by atoms with E-state index in [2.05, 4.69) is 10.3 Å². The molecule has 0 fully saturated rings. The summed E-state index contributed by atoms with van der Waals surface area (Å²) in [6, 6.07) is -0.361. The molecule has 5 heteroatoms. The van der Waals surface area contributed by atoms with E-state index in [0.29, 0.717) is 13.0 Å². The second kappa shape index (κ2) is 6.00. The van der Waals surface area contributed by atoms with Gasteiger partial charge in [0.2, 0.25) is 0 Å². The first kappa shape index (κ1) is 14.7. The van der Waals surface area contributed by atoms with Crippen molar-refractivity contribution >= 4 is 5.97 Å². The topological polar surface area (TPSA) is 56.2 Å². The van der Waals surface area contributed by atoms with Crippen molar-refractivity contribution in [3.8, 4) is 0 Å². The number of aromatic nitrogens is 2. The minimum atomic E-state index is -0.361. The van der Waals surface area contributed by atoms with Crippen molar-refractivity contribution in [2.45, 2.75) is 45.7 Å². The Morgan fingerprint density at radius 1 is 1.56 bits per heavy atom. The van der Waals surface area contributed by atoms with Crippen LogP contribution in [0, 0.1) is 0 Å². The minimum absolute atomic E-state index is 0.147. The van der Waals surface area contributed by atoms with Gasteiger partial charge in [-0.05, 0) is 27.7 Å². The molecule has 1 aromatic heterocycles. The predicted molar refractivity (Wildman–Crippen MR) is 70.2 cm³/mol. The fraction of sp³-hybridized carbons (Fsp3) is 0.692. The molecule has 18 heavy (non-hydrogen) atoms. The van der Waals surface area contributed by atoms with Gasteiger partial charge < -0.3 is 9.30 Å². The summed E-state index contributed by atoms with van der Waals surface area (Å²) in [5.41, 5.74) is 0.735. The van der Waals surface area contributed by atoms with E-state index >= 15 is 0 Å². The maximum absolute atomic E-state index is 11.9. The molecule has 1 atom stereocenters. The molecule has 0 aliphatic heterocycles. The lowest BCUT2D eigenvalue weighted by Gasteiger charge is -2.26. The van der Waals surface area contributed by atoms with Crippen molar-refractivity contribution in [2.24, 2.45) is 7.05 Å². The first-order valence-electron chi connectivity index (χ1n) is 6.23. The Bertz CT molecular complexity index is 393. The van der Waals surface area contributed by atoms with Crippen molar-refractivity contribution in [1.82, 2.24) is 14.9 Å². The standard InChI is InChI=1S/C13H23N3O2/c1-6-18-12(17)11(15-13(2,3)4)7-10-8-16(5)9-14-10/h8-9,11,15H,6-7H2,1-5H3. The molecular formula is C13H23N3O2. The van der Waals surface area contributed by atoms with Gasteiger partial charge in [0.25, 0.3) is 0 Å². The lowest BCUT2D eigenvalue weighted by atomic mass is 10.0. The maximum atomic E-state index is 11.9. The molecule has 0 aromatic carbocycles.